The fraction of sp³-hybridized carbons (Fsp3) is 0.533. The Labute approximate surface area is 136 Å². The summed E-state index contributed by atoms with van der Waals surface area (Å²) >= 11 is 0. The number of nitrogens with zero attached hydrogens (tertiary/aromatic N) is 2. The van der Waals surface area contributed by atoms with Gasteiger partial charge >= 0.3 is 6.18 Å². The summed E-state index contributed by atoms with van der Waals surface area (Å²) in [6, 6.07) is 2.31. The average Bonchev–Trinajstić information content (AvgIpc) is 2.91. The number of non-ortho nitro benzene ring substituents is 1. The molecular formula is C15H18F3N3O3. The third-order valence-corrected chi connectivity index (χ3v) is 4.09. The molecule has 0 saturated carbocycles. The maximum atomic E-state index is 12.8. The molecule has 1 aliphatic heterocycles. The molecule has 1 aromatic carbocycles. The van der Waals surface area contributed by atoms with Gasteiger partial charge in [-0.1, -0.05) is 0 Å². The number of benzene rings is 1. The number of nitro benzene ring substituents is 1. The molecule has 132 valence electrons. The van der Waals surface area contributed by atoms with Crippen molar-refractivity contribution in [2.75, 3.05) is 19.6 Å². The van der Waals surface area contributed by atoms with Gasteiger partial charge < -0.3 is 5.32 Å². The van der Waals surface area contributed by atoms with Crippen molar-refractivity contribution in [1.82, 2.24) is 10.2 Å². The summed E-state index contributed by atoms with van der Waals surface area (Å²) in [5, 5.41) is 13.3. The highest BCUT2D eigenvalue weighted by Crippen LogP contribution is 2.32. The Morgan fingerprint density at radius 3 is 2.67 bits per heavy atom. The van der Waals surface area contributed by atoms with Gasteiger partial charge in [0, 0.05) is 36.8 Å². The fourth-order valence-electron chi connectivity index (χ4n) is 2.75. The largest absolute Gasteiger partial charge is 0.416 e. The van der Waals surface area contributed by atoms with Crippen molar-refractivity contribution in [1.29, 1.82) is 0 Å². The lowest BCUT2D eigenvalue weighted by molar-refractivity contribution is -0.385. The van der Waals surface area contributed by atoms with Crippen LogP contribution in [0.5, 0.6) is 0 Å². The number of amides is 1. The van der Waals surface area contributed by atoms with Crippen LogP contribution >= 0.6 is 0 Å². The number of alkyl halides is 3. The topological polar surface area (TPSA) is 75.5 Å². The lowest BCUT2D eigenvalue weighted by Gasteiger charge is -2.20. The van der Waals surface area contributed by atoms with E-state index in [-0.39, 0.29) is 12.1 Å². The zero-order valence-corrected chi connectivity index (χ0v) is 13.1. The Bertz CT molecular complexity index is 634. The normalized spacial score (nSPS) is 18.6. The van der Waals surface area contributed by atoms with E-state index < -0.39 is 28.3 Å². The highest BCUT2D eigenvalue weighted by Gasteiger charge is 2.33. The molecule has 1 aliphatic rings. The van der Waals surface area contributed by atoms with Crippen LogP contribution in [0.1, 0.15) is 35.7 Å². The summed E-state index contributed by atoms with van der Waals surface area (Å²) in [7, 11) is 0. The van der Waals surface area contributed by atoms with Crippen LogP contribution in [0, 0.1) is 10.1 Å². The maximum absolute atomic E-state index is 12.8. The van der Waals surface area contributed by atoms with Crippen LogP contribution in [-0.4, -0.2) is 41.4 Å². The lowest BCUT2D eigenvalue weighted by atomic mass is 10.1. The SMILES string of the molecule is C[C@@H]1CCCN1CCNC(=O)c1cc([N+](=O)[O-])cc(C(F)(F)F)c1. The Kier molecular flexibility index (Phi) is 5.43. The Morgan fingerprint density at radius 1 is 1.42 bits per heavy atom. The number of halogens is 3. The molecule has 1 aromatic rings. The van der Waals surface area contributed by atoms with Gasteiger partial charge in [0.15, 0.2) is 0 Å². The van der Waals surface area contributed by atoms with Crippen molar-refractivity contribution in [3.05, 3.63) is 39.4 Å². The first-order valence-corrected chi connectivity index (χ1v) is 7.57. The van der Waals surface area contributed by atoms with Crippen LogP contribution in [-0.2, 0) is 6.18 Å². The van der Waals surface area contributed by atoms with E-state index in [0.29, 0.717) is 24.7 Å². The molecule has 2 rings (SSSR count). The van der Waals surface area contributed by atoms with Crippen LogP contribution in [0.2, 0.25) is 0 Å². The van der Waals surface area contributed by atoms with E-state index in [1.54, 1.807) is 0 Å². The van der Waals surface area contributed by atoms with Gasteiger partial charge in [0.1, 0.15) is 0 Å². The van der Waals surface area contributed by atoms with E-state index in [9.17, 15) is 28.1 Å². The van der Waals surface area contributed by atoms with Crippen LogP contribution < -0.4 is 5.32 Å². The molecule has 0 aliphatic carbocycles. The maximum Gasteiger partial charge on any atom is 0.416 e. The minimum Gasteiger partial charge on any atom is -0.351 e. The summed E-state index contributed by atoms with van der Waals surface area (Å²) in [4.78, 5) is 24.0. The lowest BCUT2D eigenvalue weighted by Crippen LogP contribution is -2.36. The third kappa shape index (κ3) is 4.44. The Hall–Kier alpha value is -2.16. The van der Waals surface area contributed by atoms with Crippen molar-refractivity contribution in [2.24, 2.45) is 0 Å². The van der Waals surface area contributed by atoms with Crippen LogP contribution in [0.3, 0.4) is 0 Å². The molecule has 6 nitrogen and oxygen atoms in total. The second-order valence-electron chi connectivity index (χ2n) is 5.81. The summed E-state index contributed by atoms with van der Waals surface area (Å²) in [6.07, 6.45) is -2.60. The van der Waals surface area contributed by atoms with E-state index in [2.05, 4.69) is 17.1 Å². The third-order valence-electron chi connectivity index (χ3n) is 4.09. The van der Waals surface area contributed by atoms with Gasteiger partial charge in [0.05, 0.1) is 10.5 Å². The predicted octanol–water partition coefficient (Wildman–Crippen LogP) is 2.83. The van der Waals surface area contributed by atoms with Crippen LogP contribution in [0.25, 0.3) is 0 Å². The number of carbonyl (C=O) groups excluding carboxylic acids is 1. The van der Waals surface area contributed by atoms with Crippen molar-refractivity contribution < 1.29 is 22.9 Å². The molecule has 1 atom stereocenters. The van der Waals surface area contributed by atoms with Gasteiger partial charge in [-0.3, -0.25) is 19.8 Å². The number of carbonyl (C=O) groups is 1. The molecule has 9 heteroatoms. The molecular weight excluding hydrogens is 327 g/mol. The van der Waals surface area contributed by atoms with Gasteiger partial charge in [-0.05, 0) is 32.4 Å². The summed E-state index contributed by atoms with van der Waals surface area (Å²) in [6.45, 7) is 3.86. The Balaban J connectivity index is 2.07. The fourth-order valence-corrected chi connectivity index (χ4v) is 2.75. The first kappa shape index (κ1) is 18.2. The molecule has 0 unspecified atom stereocenters. The number of likely N-dealkylation sites (tertiary alicyclic amines) is 1. The molecule has 1 N–H and O–H groups in total. The molecule has 1 fully saturated rings. The van der Waals surface area contributed by atoms with E-state index in [4.69, 9.17) is 0 Å². The molecule has 1 saturated heterocycles. The number of hydrogen-bond acceptors (Lipinski definition) is 4. The van der Waals surface area contributed by atoms with Gasteiger partial charge in [0.2, 0.25) is 0 Å². The molecule has 0 aromatic heterocycles. The van der Waals surface area contributed by atoms with Crippen LogP contribution in [0.15, 0.2) is 18.2 Å². The zero-order chi connectivity index (χ0) is 17.9. The minimum atomic E-state index is -4.76. The van der Waals surface area contributed by atoms with Crippen molar-refractivity contribution in [3.8, 4) is 0 Å². The second kappa shape index (κ2) is 7.16. The van der Waals surface area contributed by atoms with Crippen molar-refractivity contribution >= 4 is 11.6 Å². The molecule has 0 spiro atoms. The van der Waals surface area contributed by atoms with E-state index >= 15 is 0 Å². The Morgan fingerprint density at radius 2 is 2.12 bits per heavy atom. The van der Waals surface area contributed by atoms with E-state index in [0.717, 1.165) is 25.5 Å². The standard InChI is InChI=1S/C15H18F3N3O3/c1-10-3-2-5-20(10)6-4-19-14(22)11-7-12(15(16,17)18)9-13(8-11)21(23)24/h7-10H,2-6H2,1H3,(H,19,22)/t10-/m1/s1. The van der Waals surface area contributed by atoms with Crippen molar-refractivity contribution in [2.45, 2.75) is 32.0 Å². The number of nitrogens with one attached hydrogen (secondary N) is 1. The first-order valence-electron chi connectivity index (χ1n) is 7.57. The summed E-state index contributed by atoms with van der Waals surface area (Å²) in [5.74, 6) is -0.754. The van der Waals surface area contributed by atoms with Gasteiger partial charge in [0.25, 0.3) is 11.6 Å². The highest BCUT2D eigenvalue weighted by molar-refractivity contribution is 5.95. The number of nitro groups is 1. The number of rotatable bonds is 5. The summed E-state index contributed by atoms with van der Waals surface area (Å²) in [5.41, 5.74) is -2.34. The molecule has 1 amide bonds. The highest BCUT2D eigenvalue weighted by atomic mass is 19.4. The average molecular weight is 345 g/mol. The molecule has 0 bridgehead atoms. The van der Waals surface area contributed by atoms with Gasteiger partial charge in [-0.2, -0.15) is 13.2 Å². The predicted molar refractivity (Wildman–Crippen MR) is 80.7 cm³/mol. The molecule has 24 heavy (non-hydrogen) atoms. The van der Waals surface area contributed by atoms with Gasteiger partial charge in [-0.25, -0.2) is 0 Å². The monoisotopic (exact) mass is 345 g/mol. The van der Waals surface area contributed by atoms with Crippen LogP contribution in [0.4, 0.5) is 18.9 Å². The zero-order valence-electron chi connectivity index (χ0n) is 13.1. The van der Waals surface area contributed by atoms with E-state index in [1.807, 2.05) is 0 Å². The van der Waals surface area contributed by atoms with E-state index in [1.165, 1.54) is 0 Å². The second-order valence-corrected chi connectivity index (χ2v) is 5.81. The molecule has 1 heterocycles. The van der Waals surface area contributed by atoms with Gasteiger partial charge in [-0.15, -0.1) is 0 Å². The quantitative estimate of drug-likeness (QED) is 0.658. The smallest absolute Gasteiger partial charge is 0.351 e. The van der Waals surface area contributed by atoms with Crippen molar-refractivity contribution in [3.63, 3.8) is 0 Å². The summed E-state index contributed by atoms with van der Waals surface area (Å²) < 4.78 is 38.4. The molecule has 0 radical (unpaired) electrons. The first-order chi connectivity index (χ1) is 11.2. The number of hydrogen-bond donors (Lipinski definition) is 1. The minimum absolute atomic E-state index is 0.271.